The maximum Gasteiger partial charge on any atom is 0.416 e. The third-order valence-electron chi connectivity index (χ3n) is 2.27. The van der Waals surface area contributed by atoms with Gasteiger partial charge in [0.1, 0.15) is 18.2 Å². The number of pyridine rings is 1. The molecule has 0 aromatic carbocycles. The highest BCUT2D eigenvalue weighted by Crippen LogP contribution is 2.32. The van der Waals surface area contributed by atoms with Gasteiger partial charge in [-0.05, 0) is 19.1 Å². The van der Waals surface area contributed by atoms with Gasteiger partial charge in [-0.1, -0.05) is 0 Å². The number of nitrogens with zero attached hydrogens (tertiary/aromatic N) is 1. The zero-order valence-corrected chi connectivity index (χ0v) is 10.6. The van der Waals surface area contributed by atoms with Crippen LogP contribution in [0.3, 0.4) is 0 Å². The fourth-order valence-corrected chi connectivity index (χ4v) is 1.33. The lowest BCUT2D eigenvalue weighted by molar-refractivity contribution is -0.137. The molecule has 1 aromatic heterocycles. The van der Waals surface area contributed by atoms with Crippen molar-refractivity contribution < 1.29 is 27.1 Å². The van der Waals surface area contributed by atoms with E-state index in [2.05, 4.69) is 15.6 Å². The molecule has 0 saturated carbocycles. The van der Waals surface area contributed by atoms with Gasteiger partial charge < -0.3 is 15.7 Å². The van der Waals surface area contributed by atoms with Crippen molar-refractivity contribution in [2.75, 3.05) is 30.3 Å². The Morgan fingerprint density at radius 2 is 1.65 bits per heavy atom. The summed E-state index contributed by atoms with van der Waals surface area (Å²) in [5.74, 6) is -3.85. The summed E-state index contributed by atoms with van der Waals surface area (Å²) < 4.78 is 63.7. The van der Waals surface area contributed by atoms with Crippen molar-refractivity contribution in [3.63, 3.8) is 0 Å². The fraction of sp³-hybridized carbons (Fsp3) is 0.545. The summed E-state index contributed by atoms with van der Waals surface area (Å²) >= 11 is 0. The molecule has 1 rings (SSSR count). The normalized spacial score (nSPS) is 12.3. The van der Waals surface area contributed by atoms with Crippen molar-refractivity contribution in [2.45, 2.75) is 19.0 Å². The third kappa shape index (κ3) is 4.80. The van der Waals surface area contributed by atoms with E-state index in [0.717, 1.165) is 6.07 Å². The molecule has 1 heterocycles. The molecular weight excluding hydrogens is 285 g/mol. The van der Waals surface area contributed by atoms with Crippen LogP contribution < -0.4 is 10.6 Å². The molecule has 0 aliphatic carbocycles. The topological polar surface area (TPSA) is 57.2 Å². The quantitative estimate of drug-likeness (QED) is 0.707. The van der Waals surface area contributed by atoms with Crippen molar-refractivity contribution in [3.05, 3.63) is 17.7 Å². The van der Waals surface area contributed by atoms with E-state index in [4.69, 9.17) is 5.11 Å². The highest BCUT2D eigenvalue weighted by molar-refractivity contribution is 5.49. The van der Waals surface area contributed by atoms with Gasteiger partial charge in [0.05, 0.1) is 12.1 Å². The number of aliphatic hydroxyl groups is 1. The van der Waals surface area contributed by atoms with E-state index in [0.29, 0.717) is 12.6 Å². The Labute approximate surface area is 112 Å². The highest BCUT2D eigenvalue weighted by Gasteiger charge is 2.32. The van der Waals surface area contributed by atoms with E-state index in [-0.39, 0.29) is 11.6 Å². The Bertz CT molecular complexity index is 450. The standard InChI is InChI=1S/C11H14F5N3O/c1-2-17-8-3-7(11(14,15)16)4-9(19-8)18-5-10(12,13)6-20/h3-4,20H,2,5-6H2,1H3,(H2,17,18,19). The molecule has 0 spiro atoms. The van der Waals surface area contributed by atoms with Crippen LogP contribution in [0.4, 0.5) is 33.6 Å². The van der Waals surface area contributed by atoms with Gasteiger partial charge in [-0.15, -0.1) is 0 Å². The van der Waals surface area contributed by atoms with Gasteiger partial charge in [0.25, 0.3) is 5.92 Å². The largest absolute Gasteiger partial charge is 0.416 e. The van der Waals surface area contributed by atoms with E-state index >= 15 is 0 Å². The summed E-state index contributed by atoms with van der Waals surface area (Å²) in [6.07, 6.45) is -4.61. The van der Waals surface area contributed by atoms with Gasteiger partial charge in [-0.2, -0.15) is 13.2 Å². The number of aliphatic hydroxyl groups excluding tert-OH is 1. The number of nitrogens with one attached hydrogen (secondary N) is 2. The summed E-state index contributed by atoms with van der Waals surface area (Å²) in [7, 11) is 0. The number of alkyl halides is 5. The van der Waals surface area contributed by atoms with Crippen LogP contribution in [0.5, 0.6) is 0 Å². The molecule has 0 fully saturated rings. The van der Waals surface area contributed by atoms with Crippen LogP contribution in [-0.2, 0) is 6.18 Å². The molecule has 4 nitrogen and oxygen atoms in total. The molecule has 3 N–H and O–H groups in total. The first-order chi connectivity index (χ1) is 9.18. The van der Waals surface area contributed by atoms with Gasteiger partial charge in [0.15, 0.2) is 0 Å². The first-order valence-electron chi connectivity index (χ1n) is 5.73. The maximum atomic E-state index is 12.8. The lowest BCUT2D eigenvalue weighted by Gasteiger charge is -2.16. The molecule has 9 heteroatoms. The fourth-order valence-electron chi connectivity index (χ4n) is 1.33. The predicted octanol–water partition coefficient (Wildman–Crippen LogP) is 2.57. The van der Waals surface area contributed by atoms with Crippen LogP contribution >= 0.6 is 0 Å². The molecule has 20 heavy (non-hydrogen) atoms. The van der Waals surface area contributed by atoms with Crippen molar-refractivity contribution in [1.29, 1.82) is 0 Å². The van der Waals surface area contributed by atoms with Crippen LogP contribution in [-0.4, -0.2) is 35.7 Å². The monoisotopic (exact) mass is 299 g/mol. The van der Waals surface area contributed by atoms with Gasteiger partial charge in [-0.3, -0.25) is 0 Å². The summed E-state index contributed by atoms with van der Waals surface area (Å²) in [5, 5.41) is 13.1. The van der Waals surface area contributed by atoms with Crippen LogP contribution in [0, 0.1) is 0 Å². The molecule has 0 amide bonds. The molecule has 0 aliphatic rings. The number of halogens is 5. The average molecular weight is 299 g/mol. The third-order valence-corrected chi connectivity index (χ3v) is 2.27. The first kappa shape index (κ1) is 16.4. The number of rotatable bonds is 6. The second-order valence-corrected chi connectivity index (χ2v) is 4.02. The number of aromatic nitrogens is 1. The lowest BCUT2D eigenvalue weighted by Crippen LogP contribution is -2.31. The van der Waals surface area contributed by atoms with Gasteiger partial charge in [0.2, 0.25) is 0 Å². The van der Waals surface area contributed by atoms with E-state index in [1.807, 2.05) is 0 Å². The Morgan fingerprint density at radius 1 is 1.10 bits per heavy atom. The van der Waals surface area contributed by atoms with Crippen LogP contribution in [0.1, 0.15) is 12.5 Å². The number of hydrogen-bond acceptors (Lipinski definition) is 4. The van der Waals surface area contributed by atoms with Crippen LogP contribution in [0.15, 0.2) is 12.1 Å². The summed E-state index contributed by atoms with van der Waals surface area (Å²) in [4.78, 5) is 3.74. The Hall–Kier alpha value is -1.64. The lowest BCUT2D eigenvalue weighted by atomic mass is 10.2. The summed E-state index contributed by atoms with van der Waals surface area (Å²) in [5.41, 5.74) is -1.00. The zero-order valence-electron chi connectivity index (χ0n) is 10.6. The molecule has 0 bridgehead atoms. The molecule has 0 atom stereocenters. The van der Waals surface area contributed by atoms with E-state index in [1.165, 1.54) is 0 Å². The van der Waals surface area contributed by atoms with Crippen molar-refractivity contribution in [3.8, 4) is 0 Å². The van der Waals surface area contributed by atoms with E-state index < -0.39 is 30.8 Å². The Balaban J connectivity index is 2.97. The molecule has 0 radical (unpaired) electrons. The second-order valence-electron chi connectivity index (χ2n) is 4.02. The van der Waals surface area contributed by atoms with Crippen molar-refractivity contribution in [1.82, 2.24) is 4.98 Å². The summed E-state index contributed by atoms with van der Waals surface area (Å²) in [6, 6.07) is 1.42. The second kappa shape index (κ2) is 6.21. The Kier molecular flexibility index (Phi) is 5.09. The van der Waals surface area contributed by atoms with E-state index in [1.54, 1.807) is 6.92 Å². The minimum atomic E-state index is -4.61. The number of hydrogen-bond donors (Lipinski definition) is 3. The molecule has 0 saturated heterocycles. The minimum absolute atomic E-state index is 0.0721. The highest BCUT2D eigenvalue weighted by atomic mass is 19.4. The molecule has 0 aliphatic heterocycles. The van der Waals surface area contributed by atoms with Gasteiger partial charge in [-0.25, -0.2) is 13.8 Å². The minimum Gasteiger partial charge on any atom is -0.390 e. The first-order valence-corrected chi connectivity index (χ1v) is 5.73. The zero-order chi connectivity index (χ0) is 15.4. The van der Waals surface area contributed by atoms with E-state index in [9.17, 15) is 22.0 Å². The molecule has 1 aromatic rings. The molecule has 114 valence electrons. The average Bonchev–Trinajstić information content (AvgIpc) is 2.36. The predicted molar refractivity (Wildman–Crippen MR) is 63.9 cm³/mol. The molecule has 0 unspecified atom stereocenters. The smallest absolute Gasteiger partial charge is 0.390 e. The van der Waals surface area contributed by atoms with Gasteiger partial charge >= 0.3 is 6.18 Å². The maximum absolute atomic E-state index is 12.8. The van der Waals surface area contributed by atoms with Crippen molar-refractivity contribution >= 4 is 11.6 Å². The number of anilines is 2. The summed E-state index contributed by atoms with van der Waals surface area (Å²) in [6.45, 7) is -0.419. The molecular formula is C11H14F5N3O. The van der Waals surface area contributed by atoms with Crippen molar-refractivity contribution in [2.24, 2.45) is 0 Å². The SMILES string of the molecule is CCNc1cc(C(F)(F)F)cc(NCC(F)(F)CO)n1. The Morgan fingerprint density at radius 3 is 2.10 bits per heavy atom. The van der Waals surface area contributed by atoms with Crippen LogP contribution in [0.2, 0.25) is 0 Å². The van der Waals surface area contributed by atoms with Crippen LogP contribution in [0.25, 0.3) is 0 Å². The van der Waals surface area contributed by atoms with Gasteiger partial charge in [0, 0.05) is 6.54 Å².